The molecule has 0 aliphatic carbocycles. The van der Waals surface area contributed by atoms with Crippen molar-refractivity contribution in [3.05, 3.63) is 82.8 Å². The summed E-state index contributed by atoms with van der Waals surface area (Å²) in [6.45, 7) is 0. The molecule has 0 saturated heterocycles. The molecule has 7 nitrogen and oxygen atoms in total. The van der Waals surface area contributed by atoms with Gasteiger partial charge >= 0.3 is 0 Å². The Morgan fingerprint density at radius 3 is 2.52 bits per heavy atom. The molecule has 5 rings (SSSR count). The lowest BCUT2D eigenvalue weighted by molar-refractivity contribution is 0.371. The van der Waals surface area contributed by atoms with Gasteiger partial charge in [-0.2, -0.15) is 17.9 Å². The normalized spacial score (nSPS) is 16.5. The molecular weight excluding hydrogens is 432 g/mol. The summed E-state index contributed by atoms with van der Waals surface area (Å²) >= 11 is 1.54. The van der Waals surface area contributed by atoms with Gasteiger partial charge in [-0.15, -0.1) is 11.3 Å². The van der Waals surface area contributed by atoms with Crippen molar-refractivity contribution >= 4 is 38.1 Å². The van der Waals surface area contributed by atoms with E-state index >= 15 is 0 Å². The fourth-order valence-electron chi connectivity index (χ4n) is 3.59. The van der Waals surface area contributed by atoms with E-state index in [2.05, 4.69) is 15.1 Å². The fourth-order valence-corrected chi connectivity index (χ4v) is 5.75. The van der Waals surface area contributed by atoms with Crippen LogP contribution in [0.2, 0.25) is 0 Å². The molecule has 3 heterocycles. The second-order valence-electron chi connectivity index (χ2n) is 7.00. The predicted molar refractivity (Wildman–Crippen MR) is 120 cm³/mol. The monoisotopic (exact) mass is 450 g/mol. The lowest BCUT2D eigenvalue weighted by Crippen LogP contribution is -2.27. The van der Waals surface area contributed by atoms with Gasteiger partial charge in [0.25, 0.3) is 10.0 Å². The van der Waals surface area contributed by atoms with E-state index in [1.807, 2.05) is 35.7 Å². The largest absolute Gasteiger partial charge is 0.497 e. The van der Waals surface area contributed by atoms with E-state index in [-0.39, 0.29) is 4.90 Å². The molecule has 0 spiro atoms. The minimum absolute atomic E-state index is 0.162. The highest BCUT2D eigenvalue weighted by atomic mass is 32.2. The summed E-state index contributed by atoms with van der Waals surface area (Å²) in [5.41, 5.74) is 3.04. The lowest BCUT2D eigenvalue weighted by Gasteiger charge is -2.23. The molecule has 2 aromatic carbocycles. The number of ether oxygens (including phenoxy) is 1. The maximum Gasteiger partial charge on any atom is 0.279 e. The van der Waals surface area contributed by atoms with E-state index in [4.69, 9.17) is 4.74 Å². The smallest absolute Gasteiger partial charge is 0.279 e. The number of benzene rings is 2. The van der Waals surface area contributed by atoms with E-state index in [9.17, 15) is 8.42 Å². The molecule has 0 amide bonds. The Balaban J connectivity index is 1.60. The second kappa shape index (κ2) is 7.75. The minimum Gasteiger partial charge on any atom is -0.497 e. The molecule has 0 fully saturated rings. The first-order valence-electron chi connectivity index (χ1n) is 9.57. The van der Waals surface area contributed by atoms with Crippen LogP contribution in [0.25, 0.3) is 11.0 Å². The third-order valence-electron chi connectivity index (χ3n) is 5.16. The molecule has 1 atom stereocenters. The van der Waals surface area contributed by atoms with Crippen LogP contribution in [0.4, 0.5) is 0 Å². The highest BCUT2D eigenvalue weighted by Crippen LogP contribution is 2.38. The molecule has 0 N–H and O–H groups in total. The van der Waals surface area contributed by atoms with E-state index in [0.29, 0.717) is 17.7 Å². The molecule has 31 heavy (non-hydrogen) atoms. The van der Waals surface area contributed by atoms with Crippen molar-refractivity contribution in [3.63, 3.8) is 0 Å². The van der Waals surface area contributed by atoms with Gasteiger partial charge in [-0.3, -0.25) is 9.97 Å². The van der Waals surface area contributed by atoms with Gasteiger partial charge in [0.15, 0.2) is 0 Å². The van der Waals surface area contributed by atoms with Gasteiger partial charge < -0.3 is 4.74 Å². The van der Waals surface area contributed by atoms with Gasteiger partial charge in [0.2, 0.25) is 0 Å². The molecule has 1 aliphatic heterocycles. The second-order valence-corrected chi connectivity index (χ2v) is 9.74. The lowest BCUT2D eigenvalue weighted by atomic mass is 10.0. The van der Waals surface area contributed by atoms with Gasteiger partial charge in [0.05, 0.1) is 39.7 Å². The average molecular weight is 451 g/mol. The molecule has 0 bridgehead atoms. The standard InChI is InChI=1S/C22H18N4O3S2/c1-29-16-5-7-17(8-6-16)31(27,28)26-21(14-20(25-26)22-3-2-12-30-22)15-4-9-18-19(13-15)24-11-10-23-18/h2-13,21H,14H2,1H3/t21-/m1/s1. The highest BCUT2D eigenvalue weighted by Gasteiger charge is 2.38. The Labute approximate surface area is 183 Å². The highest BCUT2D eigenvalue weighted by molar-refractivity contribution is 7.89. The van der Waals surface area contributed by atoms with Crippen molar-refractivity contribution in [2.75, 3.05) is 7.11 Å². The van der Waals surface area contributed by atoms with Crippen LogP contribution >= 0.6 is 11.3 Å². The number of hydrogen-bond donors (Lipinski definition) is 0. The summed E-state index contributed by atoms with van der Waals surface area (Å²) < 4.78 is 33.5. The number of hydrogen-bond acceptors (Lipinski definition) is 7. The Morgan fingerprint density at radius 2 is 1.81 bits per heavy atom. The van der Waals surface area contributed by atoms with Crippen LogP contribution in [0.5, 0.6) is 5.75 Å². The molecule has 9 heteroatoms. The van der Waals surface area contributed by atoms with Crippen LogP contribution in [0.3, 0.4) is 0 Å². The number of thiophene rings is 1. The fraction of sp³-hybridized carbons (Fsp3) is 0.136. The Morgan fingerprint density at radius 1 is 1.03 bits per heavy atom. The van der Waals surface area contributed by atoms with Crippen LogP contribution in [-0.2, 0) is 10.0 Å². The summed E-state index contributed by atoms with van der Waals surface area (Å²) in [7, 11) is -2.34. The molecule has 1 aliphatic rings. The van der Waals surface area contributed by atoms with Crippen molar-refractivity contribution in [2.24, 2.45) is 5.10 Å². The number of fused-ring (bicyclic) bond motifs is 1. The summed E-state index contributed by atoms with van der Waals surface area (Å²) in [4.78, 5) is 9.79. The Hall–Kier alpha value is -3.30. The summed E-state index contributed by atoms with van der Waals surface area (Å²) in [6.07, 6.45) is 3.73. The van der Waals surface area contributed by atoms with Gasteiger partial charge in [-0.05, 0) is 53.4 Å². The van der Waals surface area contributed by atoms with Crippen molar-refractivity contribution in [3.8, 4) is 5.75 Å². The van der Waals surface area contributed by atoms with E-state index < -0.39 is 16.1 Å². The van der Waals surface area contributed by atoms with Gasteiger partial charge in [0, 0.05) is 18.8 Å². The van der Waals surface area contributed by atoms with Crippen LogP contribution in [0.1, 0.15) is 22.9 Å². The number of hydrazone groups is 1. The first-order valence-corrected chi connectivity index (χ1v) is 11.9. The summed E-state index contributed by atoms with van der Waals surface area (Å²) in [5, 5.41) is 6.52. The molecule has 2 aromatic heterocycles. The van der Waals surface area contributed by atoms with Crippen molar-refractivity contribution in [1.29, 1.82) is 0 Å². The first-order chi connectivity index (χ1) is 15.1. The van der Waals surface area contributed by atoms with Crippen molar-refractivity contribution in [1.82, 2.24) is 14.4 Å². The van der Waals surface area contributed by atoms with Gasteiger partial charge in [0.1, 0.15) is 5.75 Å². The third-order valence-corrected chi connectivity index (χ3v) is 7.78. The number of nitrogens with zero attached hydrogens (tertiary/aromatic N) is 4. The average Bonchev–Trinajstić information content (AvgIpc) is 3.49. The van der Waals surface area contributed by atoms with Crippen molar-refractivity contribution in [2.45, 2.75) is 17.4 Å². The maximum absolute atomic E-state index is 13.6. The van der Waals surface area contributed by atoms with Crippen LogP contribution in [0, 0.1) is 0 Å². The predicted octanol–water partition coefficient (Wildman–Crippen LogP) is 4.24. The number of rotatable bonds is 5. The zero-order valence-corrected chi connectivity index (χ0v) is 18.2. The zero-order chi connectivity index (χ0) is 21.4. The van der Waals surface area contributed by atoms with Gasteiger partial charge in [-0.25, -0.2) is 0 Å². The Bertz CT molecular complexity index is 1370. The van der Waals surface area contributed by atoms with E-state index in [0.717, 1.165) is 21.7 Å². The van der Waals surface area contributed by atoms with Crippen molar-refractivity contribution < 1.29 is 13.2 Å². The van der Waals surface area contributed by atoms with Crippen LogP contribution < -0.4 is 4.74 Å². The molecule has 0 saturated carbocycles. The molecule has 0 radical (unpaired) electrons. The Kier molecular flexibility index (Phi) is 4.91. The molecule has 156 valence electrons. The van der Waals surface area contributed by atoms with Crippen LogP contribution in [0.15, 0.2) is 82.4 Å². The quantitative estimate of drug-likeness (QED) is 0.454. The topological polar surface area (TPSA) is 84.8 Å². The molecular formula is C22H18N4O3S2. The summed E-state index contributed by atoms with van der Waals surface area (Å²) in [5.74, 6) is 0.591. The first kappa shape index (κ1) is 19.7. The zero-order valence-electron chi connectivity index (χ0n) is 16.5. The van der Waals surface area contributed by atoms with Crippen LogP contribution in [-0.4, -0.2) is 35.6 Å². The number of methoxy groups -OCH3 is 1. The SMILES string of the molecule is COc1ccc(S(=O)(=O)N2N=C(c3cccs3)C[C@@H]2c2ccc3nccnc3c2)cc1. The van der Waals surface area contributed by atoms with E-state index in [1.54, 1.807) is 43.0 Å². The van der Waals surface area contributed by atoms with Gasteiger partial charge in [-0.1, -0.05) is 12.1 Å². The molecule has 4 aromatic rings. The summed E-state index contributed by atoms with van der Waals surface area (Å²) in [6, 6.07) is 15.4. The van der Waals surface area contributed by atoms with E-state index in [1.165, 1.54) is 16.5 Å². The minimum atomic E-state index is -3.88. The number of aromatic nitrogens is 2. The third kappa shape index (κ3) is 3.55. The number of sulfonamides is 1. The molecule has 0 unspecified atom stereocenters. The maximum atomic E-state index is 13.6.